The van der Waals surface area contributed by atoms with Gasteiger partial charge in [-0.2, -0.15) is 4.37 Å². The number of β-amino-alcohol motifs (C(OH)–C–C–N with tert-alkyl or cyclic N) is 1. The molecule has 1 saturated heterocycles. The molecule has 1 aromatic rings. The Balaban J connectivity index is 1.99. The highest BCUT2D eigenvalue weighted by atomic mass is 32.1. The van der Waals surface area contributed by atoms with Crippen LogP contribution in [0.3, 0.4) is 0 Å². The van der Waals surface area contributed by atoms with Crippen LogP contribution >= 0.6 is 11.5 Å². The number of rotatable bonds is 3. The van der Waals surface area contributed by atoms with Crippen molar-refractivity contribution in [3.05, 3.63) is 5.82 Å². The summed E-state index contributed by atoms with van der Waals surface area (Å²) in [4.78, 5) is 6.46. The van der Waals surface area contributed by atoms with Crippen LogP contribution in [-0.4, -0.2) is 33.2 Å². The van der Waals surface area contributed by atoms with Gasteiger partial charge >= 0.3 is 0 Å². The molecule has 0 spiro atoms. The predicted octanol–water partition coefficient (Wildman–Crippen LogP) is 1.06. The Bertz CT molecular complexity index is 320. The van der Waals surface area contributed by atoms with Crippen LogP contribution in [0.2, 0.25) is 0 Å². The van der Waals surface area contributed by atoms with Crippen LogP contribution in [-0.2, 0) is 6.42 Å². The smallest absolute Gasteiger partial charge is 0.205 e. The summed E-state index contributed by atoms with van der Waals surface area (Å²) < 4.78 is 4.22. The van der Waals surface area contributed by atoms with Crippen molar-refractivity contribution >= 4 is 16.7 Å². The van der Waals surface area contributed by atoms with Crippen LogP contribution in [0.1, 0.15) is 26.1 Å². The molecule has 0 aromatic carbocycles. The van der Waals surface area contributed by atoms with Gasteiger partial charge in [0.1, 0.15) is 5.82 Å². The summed E-state index contributed by atoms with van der Waals surface area (Å²) >= 11 is 1.42. The molecule has 1 N–H and O–H groups in total. The van der Waals surface area contributed by atoms with Crippen molar-refractivity contribution in [1.82, 2.24) is 9.36 Å². The first-order valence-electron chi connectivity index (χ1n) is 4.97. The minimum atomic E-state index is -0.488. The topological polar surface area (TPSA) is 49.2 Å². The molecule has 0 aliphatic carbocycles. The van der Waals surface area contributed by atoms with Crippen molar-refractivity contribution in [3.63, 3.8) is 0 Å². The molecule has 14 heavy (non-hydrogen) atoms. The Labute approximate surface area is 87.8 Å². The van der Waals surface area contributed by atoms with Crippen LogP contribution in [0, 0.1) is 0 Å². The number of aliphatic hydroxyl groups is 1. The molecule has 2 rings (SSSR count). The highest BCUT2D eigenvalue weighted by Crippen LogP contribution is 2.30. The Morgan fingerprint density at radius 3 is 2.71 bits per heavy atom. The van der Waals surface area contributed by atoms with Crippen LogP contribution < -0.4 is 4.90 Å². The van der Waals surface area contributed by atoms with Gasteiger partial charge in [-0.3, -0.25) is 0 Å². The summed E-state index contributed by atoms with van der Waals surface area (Å²) in [6.45, 7) is 5.45. The van der Waals surface area contributed by atoms with E-state index in [0.29, 0.717) is 13.1 Å². The zero-order chi connectivity index (χ0) is 10.2. The second-order valence-corrected chi connectivity index (χ2v) is 4.51. The number of anilines is 1. The van der Waals surface area contributed by atoms with E-state index >= 15 is 0 Å². The van der Waals surface area contributed by atoms with E-state index in [-0.39, 0.29) is 0 Å². The van der Waals surface area contributed by atoms with Gasteiger partial charge in [-0.25, -0.2) is 4.98 Å². The summed E-state index contributed by atoms with van der Waals surface area (Å²) in [6.07, 6.45) is 1.69. The third kappa shape index (κ3) is 1.62. The minimum Gasteiger partial charge on any atom is -0.386 e. The lowest BCUT2D eigenvalue weighted by molar-refractivity contribution is 0.00849. The quantitative estimate of drug-likeness (QED) is 0.815. The zero-order valence-corrected chi connectivity index (χ0v) is 9.34. The highest BCUT2D eigenvalue weighted by molar-refractivity contribution is 7.09. The fourth-order valence-electron chi connectivity index (χ4n) is 1.54. The molecule has 78 valence electrons. The maximum absolute atomic E-state index is 9.83. The molecular weight excluding hydrogens is 198 g/mol. The van der Waals surface area contributed by atoms with E-state index in [1.54, 1.807) is 0 Å². The lowest BCUT2D eigenvalue weighted by atomic mass is 9.92. The second kappa shape index (κ2) is 3.47. The van der Waals surface area contributed by atoms with E-state index in [2.05, 4.69) is 14.3 Å². The van der Waals surface area contributed by atoms with Crippen molar-refractivity contribution < 1.29 is 5.11 Å². The van der Waals surface area contributed by atoms with Gasteiger partial charge in [-0.1, -0.05) is 13.8 Å². The lowest BCUT2D eigenvalue weighted by Gasteiger charge is -2.45. The minimum absolute atomic E-state index is 0.488. The maximum Gasteiger partial charge on any atom is 0.205 e. The lowest BCUT2D eigenvalue weighted by Crippen LogP contribution is -2.61. The average molecular weight is 213 g/mol. The fraction of sp³-hybridized carbons (Fsp3) is 0.778. The standard InChI is InChI=1S/C9H15N3OS/c1-3-7-10-8(14-11-7)12-5-9(13,4-2)6-12/h13H,3-6H2,1-2H3. The van der Waals surface area contributed by atoms with Gasteiger partial charge in [0.05, 0.1) is 18.7 Å². The second-order valence-electron chi connectivity index (χ2n) is 3.78. The molecule has 0 bridgehead atoms. The molecule has 1 aliphatic heterocycles. The molecule has 5 heteroatoms. The zero-order valence-electron chi connectivity index (χ0n) is 8.53. The molecule has 0 unspecified atom stereocenters. The molecule has 0 atom stereocenters. The molecule has 0 amide bonds. The van der Waals surface area contributed by atoms with Gasteiger partial charge in [0, 0.05) is 18.0 Å². The Morgan fingerprint density at radius 1 is 1.50 bits per heavy atom. The van der Waals surface area contributed by atoms with E-state index in [1.807, 2.05) is 13.8 Å². The van der Waals surface area contributed by atoms with Crippen molar-refractivity contribution in [2.75, 3.05) is 18.0 Å². The summed E-state index contributed by atoms with van der Waals surface area (Å²) in [5.41, 5.74) is -0.488. The summed E-state index contributed by atoms with van der Waals surface area (Å²) in [5.74, 6) is 0.900. The summed E-state index contributed by atoms with van der Waals surface area (Å²) in [7, 11) is 0. The van der Waals surface area contributed by atoms with Gasteiger partial charge in [-0.05, 0) is 6.42 Å². The first-order valence-corrected chi connectivity index (χ1v) is 5.74. The molecule has 4 nitrogen and oxygen atoms in total. The molecule has 2 heterocycles. The third-order valence-corrected chi connectivity index (χ3v) is 3.49. The molecule has 0 saturated carbocycles. The van der Waals surface area contributed by atoms with E-state index in [1.165, 1.54) is 11.5 Å². The van der Waals surface area contributed by atoms with Gasteiger partial charge in [-0.15, -0.1) is 0 Å². The first kappa shape index (κ1) is 9.86. The summed E-state index contributed by atoms with van der Waals surface area (Å²) in [6, 6.07) is 0. The number of aromatic nitrogens is 2. The van der Waals surface area contributed by atoms with E-state index < -0.39 is 5.60 Å². The number of hydrogen-bond acceptors (Lipinski definition) is 5. The summed E-state index contributed by atoms with van der Waals surface area (Å²) in [5, 5.41) is 10.8. The maximum atomic E-state index is 9.83. The van der Waals surface area contributed by atoms with Crippen LogP contribution in [0.15, 0.2) is 0 Å². The van der Waals surface area contributed by atoms with E-state index in [4.69, 9.17) is 0 Å². The van der Waals surface area contributed by atoms with Gasteiger partial charge in [0.15, 0.2) is 0 Å². The molecule has 1 aromatic heterocycles. The van der Waals surface area contributed by atoms with Gasteiger partial charge in [0.25, 0.3) is 0 Å². The molecule has 0 radical (unpaired) electrons. The average Bonchev–Trinajstić information content (AvgIpc) is 2.61. The van der Waals surface area contributed by atoms with Crippen molar-refractivity contribution in [1.29, 1.82) is 0 Å². The largest absolute Gasteiger partial charge is 0.386 e. The van der Waals surface area contributed by atoms with Gasteiger partial charge in [0.2, 0.25) is 5.13 Å². The van der Waals surface area contributed by atoms with Crippen LogP contribution in [0.5, 0.6) is 0 Å². The Kier molecular flexibility index (Phi) is 2.45. The first-order chi connectivity index (χ1) is 6.67. The number of aryl methyl sites for hydroxylation is 1. The van der Waals surface area contributed by atoms with Crippen molar-refractivity contribution in [2.45, 2.75) is 32.3 Å². The third-order valence-electron chi connectivity index (χ3n) is 2.67. The van der Waals surface area contributed by atoms with Crippen LogP contribution in [0.4, 0.5) is 5.13 Å². The molecule has 1 fully saturated rings. The predicted molar refractivity (Wildman–Crippen MR) is 56.7 cm³/mol. The Hall–Kier alpha value is -0.680. The number of hydrogen-bond donors (Lipinski definition) is 1. The normalized spacial score (nSPS) is 19.5. The van der Waals surface area contributed by atoms with Crippen molar-refractivity contribution in [2.24, 2.45) is 0 Å². The Morgan fingerprint density at radius 2 is 2.21 bits per heavy atom. The van der Waals surface area contributed by atoms with Gasteiger partial charge < -0.3 is 10.0 Å². The molecular formula is C9H15N3OS. The fourth-order valence-corrected chi connectivity index (χ4v) is 2.29. The highest BCUT2D eigenvalue weighted by Gasteiger charge is 2.40. The van der Waals surface area contributed by atoms with E-state index in [0.717, 1.165) is 23.8 Å². The monoisotopic (exact) mass is 213 g/mol. The SMILES string of the molecule is CCc1nsc(N2CC(O)(CC)C2)n1. The van der Waals surface area contributed by atoms with E-state index in [9.17, 15) is 5.11 Å². The van der Waals surface area contributed by atoms with Crippen molar-refractivity contribution in [3.8, 4) is 0 Å². The number of nitrogens with zero attached hydrogens (tertiary/aromatic N) is 3. The van der Waals surface area contributed by atoms with Crippen LogP contribution in [0.25, 0.3) is 0 Å². The molecule has 1 aliphatic rings.